The number of hydrogen-bond donors (Lipinski definition) is 3. The fourth-order valence-electron chi connectivity index (χ4n) is 2.66. The highest BCUT2D eigenvalue weighted by Crippen LogP contribution is 2.31. The first-order chi connectivity index (χ1) is 11.2. The van der Waals surface area contributed by atoms with Gasteiger partial charge in [-0.1, -0.05) is 18.2 Å². The highest BCUT2D eigenvalue weighted by molar-refractivity contribution is 5.93. The first kappa shape index (κ1) is 15.1. The minimum absolute atomic E-state index is 0.0887. The molecule has 0 aliphatic rings. The van der Waals surface area contributed by atoms with Gasteiger partial charge in [-0.3, -0.25) is 0 Å². The van der Waals surface area contributed by atoms with E-state index in [1.165, 1.54) is 0 Å². The molecule has 0 unspecified atom stereocenters. The molecular weight excluding hydrogens is 294 g/mol. The van der Waals surface area contributed by atoms with Crippen LogP contribution in [-0.2, 0) is 13.0 Å². The second kappa shape index (κ2) is 6.54. The molecule has 1 aromatic heterocycles. The van der Waals surface area contributed by atoms with Crippen molar-refractivity contribution in [3.05, 3.63) is 59.9 Å². The van der Waals surface area contributed by atoms with Gasteiger partial charge < -0.3 is 19.9 Å². The van der Waals surface area contributed by atoms with Crippen molar-refractivity contribution in [3.8, 4) is 11.1 Å². The third-order valence-corrected chi connectivity index (χ3v) is 3.69. The van der Waals surface area contributed by atoms with Crippen molar-refractivity contribution in [2.24, 2.45) is 0 Å². The lowest BCUT2D eigenvalue weighted by atomic mass is 9.98. The summed E-state index contributed by atoms with van der Waals surface area (Å²) >= 11 is 0. The molecule has 3 aromatic rings. The molecule has 0 bridgehead atoms. The van der Waals surface area contributed by atoms with Gasteiger partial charge in [-0.25, -0.2) is 4.79 Å². The van der Waals surface area contributed by atoms with Crippen molar-refractivity contribution in [1.82, 2.24) is 5.32 Å². The smallest absolute Gasteiger partial charge is 0.404 e. The zero-order chi connectivity index (χ0) is 16.2. The third kappa shape index (κ3) is 3.35. The summed E-state index contributed by atoms with van der Waals surface area (Å²) in [5, 5.41) is 21.3. The van der Waals surface area contributed by atoms with Gasteiger partial charge in [-0.05, 0) is 47.4 Å². The van der Waals surface area contributed by atoms with E-state index >= 15 is 0 Å². The lowest BCUT2D eigenvalue weighted by Gasteiger charge is -2.09. The average molecular weight is 311 g/mol. The SMILES string of the molecule is O=C(O)NCc1cccc(-c2cc(CCO)cc3ccoc23)c1. The number of carbonyl (C=O) groups is 1. The van der Waals surface area contributed by atoms with Gasteiger partial charge in [0.15, 0.2) is 0 Å². The molecule has 0 saturated carbocycles. The number of benzene rings is 2. The number of aliphatic hydroxyl groups excluding tert-OH is 1. The van der Waals surface area contributed by atoms with E-state index in [2.05, 4.69) is 5.32 Å². The molecule has 1 heterocycles. The molecule has 0 spiro atoms. The molecule has 2 aromatic carbocycles. The van der Waals surface area contributed by atoms with Crippen molar-refractivity contribution in [2.75, 3.05) is 6.61 Å². The minimum atomic E-state index is -1.05. The van der Waals surface area contributed by atoms with Crippen LogP contribution in [0.4, 0.5) is 4.79 Å². The Bertz CT molecular complexity index is 838. The predicted octanol–water partition coefficient (Wildman–Crippen LogP) is 3.40. The molecule has 3 rings (SSSR count). The zero-order valence-corrected chi connectivity index (χ0v) is 12.5. The molecule has 5 heteroatoms. The summed E-state index contributed by atoms with van der Waals surface area (Å²) in [6, 6.07) is 13.6. The molecule has 23 heavy (non-hydrogen) atoms. The van der Waals surface area contributed by atoms with Crippen LogP contribution in [0.5, 0.6) is 0 Å². The van der Waals surface area contributed by atoms with Crippen molar-refractivity contribution >= 4 is 17.1 Å². The topological polar surface area (TPSA) is 82.7 Å². The van der Waals surface area contributed by atoms with Gasteiger partial charge in [0.25, 0.3) is 0 Å². The van der Waals surface area contributed by atoms with E-state index in [4.69, 9.17) is 9.52 Å². The molecule has 3 N–H and O–H groups in total. The summed E-state index contributed by atoms with van der Waals surface area (Å²) < 4.78 is 5.60. The van der Waals surface area contributed by atoms with Gasteiger partial charge in [0.2, 0.25) is 0 Å². The molecule has 0 fully saturated rings. The highest BCUT2D eigenvalue weighted by Gasteiger charge is 2.10. The number of nitrogens with one attached hydrogen (secondary N) is 1. The van der Waals surface area contributed by atoms with E-state index in [0.29, 0.717) is 6.42 Å². The minimum Gasteiger partial charge on any atom is -0.465 e. The largest absolute Gasteiger partial charge is 0.465 e. The Hall–Kier alpha value is -2.79. The van der Waals surface area contributed by atoms with Crippen molar-refractivity contribution in [2.45, 2.75) is 13.0 Å². The van der Waals surface area contributed by atoms with E-state index in [0.717, 1.165) is 33.2 Å². The maximum Gasteiger partial charge on any atom is 0.404 e. The van der Waals surface area contributed by atoms with Gasteiger partial charge in [-0.2, -0.15) is 0 Å². The van der Waals surface area contributed by atoms with Crippen LogP contribution in [0.15, 0.2) is 53.1 Å². The van der Waals surface area contributed by atoms with Crippen LogP contribution < -0.4 is 5.32 Å². The second-order valence-corrected chi connectivity index (χ2v) is 5.32. The summed E-state index contributed by atoms with van der Waals surface area (Å²) in [5.74, 6) is 0. The Morgan fingerprint density at radius 3 is 2.78 bits per heavy atom. The first-order valence-corrected chi connectivity index (χ1v) is 7.34. The molecule has 0 saturated heterocycles. The molecule has 0 aliphatic heterocycles. The zero-order valence-electron chi connectivity index (χ0n) is 12.5. The van der Waals surface area contributed by atoms with Gasteiger partial charge in [0, 0.05) is 24.1 Å². The van der Waals surface area contributed by atoms with Gasteiger partial charge in [-0.15, -0.1) is 0 Å². The lowest BCUT2D eigenvalue weighted by Crippen LogP contribution is -2.19. The third-order valence-electron chi connectivity index (χ3n) is 3.69. The van der Waals surface area contributed by atoms with Crippen LogP contribution in [0, 0.1) is 0 Å². The molecular formula is C18H17NO4. The van der Waals surface area contributed by atoms with Crippen LogP contribution in [0.3, 0.4) is 0 Å². The number of fused-ring (bicyclic) bond motifs is 1. The van der Waals surface area contributed by atoms with Crippen LogP contribution in [-0.4, -0.2) is 22.9 Å². The maximum atomic E-state index is 10.6. The standard InChI is InChI=1S/C18H17NO4/c20-6-4-12-8-15-5-7-23-17(15)16(10-12)14-3-1-2-13(9-14)11-19-18(21)22/h1-3,5,7-10,19-20H,4,6,11H2,(H,21,22). The van der Waals surface area contributed by atoms with Gasteiger partial charge in [0.05, 0.1) is 6.26 Å². The average Bonchev–Trinajstić information content (AvgIpc) is 3.01. The molecule has 0 aliphatic carbocycles. The van der Waals surface area contributed by atoms with Crippen LogP contribution in [0.25, 0.3) is 22.1 Å². The molecule has 0 radical (unpaired) electrons. The Morgan fingerprint density at radius 1 is 1.13 bits per heavy atom. The number of hydrogen-bond acceptors (Lipinski definition) is 3. The van der Waals surface area contributed by atoms with Crippen LogP contribution in [0.2, 0.25) is 0 Å². The Labute approximate surface area is 133 Å². The molecule has 5 nitrogen and oxygen atoms in total. The second-order valence-electron chi connectivity index (χ2n) is 5.32. The van der Waals surface area contributed by atoms with Crippen LogP contribution in [0.1, 0.15) is 11.1 Å². The van der Waals surface area contributed by atoms with E-state index < -0.39 is 6.09 Å². The summed E-state index contributed by atoms with van der Waals surface area (Å²) in [6.45, 7) is 0.339. The van der Waals surface area contributed by atoms with Crippen molar-refractivity contribution in [1.29, 1.82) is 0 Å². The summed E-state index contributed by atoms with van der Waals surface area (Å²) in [4.78, 5) is 10.6. The molecule has 118 valence electrons. The molecule has 0 atom stereocenters. The predicted molar refractivity (Wildman–Crippen MR) is 87.3 cm³/mol. The number of rotatable bonds is 5. The van der Waals surface area contributed by atoms with Crippen LogP contribution >= 0.6 is 0 Å². The molecule has 1 amide bonds. The monoisotopic (exact) mass is 311 g/mol. The summed E-state index contributed by atoms with van der Waals surface area (Å²) in [7, 11) is 0. The van der Waals surface area contributed by atoms with E-state index in [1.54, 1.807) is 6.26 Å². The summed E-state index contributed by atoms with van der Waals surface area (Å²) in [6.07, 6.45) is 1.18. The van der Waals surface area contributed by atoms with E-state index in [-0.39, 0.29) is 13.2 Å². The number of furan rings is 1. The quantitative estimate of drug-likeness (QED) is 0.674. The fourth-order valence-corrected chi connectivity index (χ4v) is 2.66. The fraction of sp³-hybridized carbons (Fsp3) is 0.167. The van der Waals surface area contributed by atoms with E-state index in [1.807, 2.05) is 42.5 Å². The maximum absolute atomic E-state index is 10.6. The number of aliphatic hydroxyl groups is 1. The normalized spacial score (nSPS) is 10.8. The lowest BCUT2D eigenvalue weighted by molar-refractivity contribution is 0.194. The van der Waals surface area contributed by atoms with Gasteiger partial charge in [0.1, 0.15) is 5.58 Å². The summed E-state index contributed by atoms with van der Waals surface area (Å²) in [5.41, 5.74) is 4.58. The number of amides is 1. The number of carboxylic acid groups (broad SMARTS) is 1. The Balaban J connectivity index is 2.03. The Morgan fingerprint density at radius 2 is 2.00 bits per heavy atom. The van der Waals surface area contributed by atoms with Gasteiger partial charge >= 0.3 is 6.09 Å². The first-order valence-electron chi connectivity index (χ1n) is 7.34. The highest BCUT2D eigenvalue weighted by atomic mass is 16.4. The van der Waals surface area contributed by atoms with E-state index in [9.17, 15) is 9.90 Å². The van der Waals surface area contributed by atoms with Crippen molar-refractivity contribution < 1.29 is 19.4 Å². The van der Waals surface area contributed by atoms with Crippen molar-refractivity contribution in [3.63, 3.8) is 0 Å². The Kier molecular flexibility index (Phi) is 4.30.